The van der Waals surface area contributed by atoms with Gasteiger partial charge in [-0.05, 0) is 36.4 Å². The Balaban J connectivity index is 2.63. The van der Waals surface area contributed by atoms with Crippen LogP contribution in [0.2, 0.25) is 0 Å². The Hall–Kier alpha value is -1.13. The molecule has 2 rings (SSSR count). The van der Waals surface area contributed by atoms with E-state index in [2.05, 4.69) is 16.9 Å². The van der Waals surface area contributed by atoms with Crippen molar-refractivity contribution in [1.82, 2.24) is 9.97 Å². The molecule has 0 radical (unpaired) electrons. The fourth-order valence-corrected chi connectivity index (χ4v) is 2.09. The monoisotopic (exact) mass is 236 g/mol. The molecule has 0 bridgehead atoms. The molecule has 1 aliphatic rings. The molecule has 1 heterocycles. The molecule has 86 valence electrons. The molecule has 0 fully saturated rings. The van der Waals surface area contributed by atoms with E-state index < -0.39 is 5.60 Å². The lowest BCUT2D eigenvalue weighted by Gasteiger charge is -2.26. The van der Waals surface area contributed by atoms with Crippen molar-refractivity contribution in [3.05, 3.63) is 27.6 Å². The molecular formula is C12H16N2OS. The number of aliphatic hydroxyl groups is 1. The van der Waals surface area contributed by atoms with Crippen LogP contribution in [0.4, 0.5) is 0 Å². The topological polar surface area (TPSA) is 51.8 Å². The molecule has 3 nitrogen and oxygen atoms in total. The summed E-state index contributed by atoms with van der Waals surface area (Å²) in [7, 11) is 0. The maximum absolute atomic E-state index is 10.5. The van der Waals surface area contributed by atoms with E-state index in [1.807, 2.05) is 31.2 Å². The lowest BCUT2D eigenvalue weighted by atomic mass is 9.86. The van der Waals surface area contributed by atoms with E-state index in [0.29, 0.717) is 4.77 Å². The van der Waals surface area contributed by atoms with Crippen LogP contribution in [0.15, 0.2) is 12.2 Å². The van der Waals surface area contributed by atoms with Gasteiger partial charge in [0, 0.05) is 0 Å². The number of fused-ring (bicyclic) bond motifs is 1. The fraction of sp³-hybridized carbons (Fsp3) is 0.417. The zero-order valence-corrected chi connectivity index (χ0v) is 10.3. The molecule has 1 aromatic rings. The van der Waals surface area contributed by atoms with Gasteiger partial charge in [-0.25, -0.2) is 0 Å². The smallest absolute Gasteiger partial charge is 0.175 e. The largest absolute Gasteiger partial charge is 0.381 e. The van der Waals surface area contributed by atoms with Gasteiger partial charge < -0.3 is 15.1 Å². The highest BCUT2D eigenvalue weighted by Gasteiger charge is 2.27. The number of hydrogen-bond donors (Lipinski definition) is 3. The van der Waals surface area contributed by atoms with Gasteiger partial charge in [0.1, 0.15) is 5.60 Å². The lowest BCUT2D eigenvalue weighted by Crippen LogP contribution is -2.35. The van der Waals surface area contributed by atoms with Crippen LogP contribution in [0.25, 0.3) is 12.2 Å². The summed E-state index contributed by atoms with van der Waals surface area (Å²) in [6.07, 6.45) is 8.36. The highest BCUT2D eigenvalue weighted by molar-refractivity contribution is 7.71. The quantitative estimate of drug-likeness (QED) is 0.671. The standard InChI is InChI=1S/C12H16N2OS/c1-3-8(2)12(15)6-4-5-9-10(7-12)14-11(16)13-9/h4-8,15H,3H2,1-2H3,(H2,13,14,16). The Kier molecular flexibility index (Phi) is 2.86. The average molecular weight is 236 g/mol. The van der Waals surface area contributed by atoms with Gasteiger partial charge in [-0.3, -0.25) is 0 Å². The number of hydrogen-bond acceptors (Lipinski definition) is 2. The van der Waals surface area contributed by atoms with E-state index in [1.165, 1.54) is 0 Å². The van der Waals surface area contributed by atoms with Crippen LogP contribution in [0, 0.1) is 10.7 Å². The van der Waals surface area contributed by atoms with Crippen LogP contribution in [-0.2, 0) is 0 Å². The molecule has 1 aromatic heterocycles. The summed E-state index contributed by atoms with van der Waals surface area (Å²) in [6, 6.07) is 0. The van der Waals surface area contributed by atoms with Gasteiger partial charge in [-0.15, -0.1) is 0 Å². The second-order valence-corrected chi connectivity index (χ2v) is 4.68. The van der Waals surface area contributed by atoms with E-state index in [0.717, 1.165) is 17.1 Å². The highest BCUT2D eigenvalue weighted by atomic mass is 32.1. The fourth-order valence-electron chi connectivity index (χ4n) is 1.87. The summed E-state index contributed by atoms with van der Waals surface area (Å²) in [5.74, 6) is 0.167. The maximum Gasteiger partial charge on any atom is 0.175 e. The molecule has 0 spiro atoms. The summed E-state index contributed by atoms with van der Waals surface area (Å²) in [5.41, 5.74) is -0.906. The van der Waals surface area contributed by atoms with Crippen molar-refractivity contribution < 1.29 is 5.11 Å². The second-order valence-electron chi connectivity index (χ2n) is 4.27. The summed E-state index contributed by atoms with van der Waals surface area (Å²) in [6.45, 7) is 4.10. The van der Waals surface area contributed by atoms with E-state index in [1.54, 1.807) is 0 Å². The number of H-pyrrole nitrogens is 2. The van der Waals surface area contributed by atoms with Crippen molar-refractivity contribution in [3.8, 4) is 0 Å². The Labute approximate surface area is 99.2 Å². The summed E-state index contributed by atoms with van der Waals surface area (Å²) >= 11 is 5.04. The molecule has 0 aromatic carbocycles. The van der Waals surface area contributed by atoms with Gasteiger partial charge in [0.25, 0.3) is 0 Å². The molecule has 0 saturated carbocycles. The zero-order chi connectivity index (χ0) is 11.8. The van der Waals surface area contributed by atoms with E-state index in [9.17, 15) is 5.11 Å². The van der Waals surface area contributed by atoms with Gasteiger partial charge >= 0.3 is 0 Å². The first-order valence-corrected chi connectivity index (χ1v) is 5.89. The molecule has 0 aliphatic heterocycles. The second kappa shape index (κ2) is 4.03. The average Bonchev–Trinajstić information content (AvgIpc) is 2.49. The number of allylic oxidation sites excluding steroid dienone is 1. The van der Waals surface area contributed by atoms with E-state index in [-0.39, 0.29) is 5.92 Å². The van der Waals surface area contributed by atoms with Crippen molar-refractivity contribution >= 4 is 24.4 Å². The van der Waals surface area contributed by atoms with Gasteiger partial charge in [0.05, 0.1) is 10.7 Å². The minimum atomic E-state index is -0.906. The molecule has 2 unspecified atom stereocenters. The predicted octanol–water partition coefficient (Wildman–Crippen LogP) is 0.980. The minimum absolute atomic E-state index is 0.167. The van der Waals surface area contributed by atoms with Gasteiger partial charge in [0.2, 0.25) is 0 Å². The number of rotatable bonds is 2. The third-order valence-electron chi connectivity index (χ3n) is 3.19. The molecular weight excluding hydrogens is 220 g/mol. The molecule has 0 amide bonds. The Morgan fingerprint density at radius 1 is 1.44 bits per heavy atom. The molecule has 1 aliphatic carbocycles. The summed E-state index contributed by atoms with van der Waals surface area (Å²) in [5, 5.41) is 12.3. The van der Waals surface area contributed by atoms with Crippen LogP contribution in [-0.4, -0.2) is 20.7 Å². The highest BCUT2D eigenvalue weighted by Crippen LogP contribution is 2.24. The first kappa shape index (κ1) is 11.4. The van der Waals surface area contributed by atoms with Gasteiger partial charge in [-0.2, -0.15) is 0 Å². The van der Waals surface area contributed by atoms with E-state index >= 15 is 0 Å². The Morgan fingerprint density at radius 3 is 2.81 bits per heavy atom. The van der Waals surface area contributed by atoms with E-state index in [4.69, 9.17) is 12.2 Å². The van der Waals surface area contributed by atoms with Crippen molar-refractivity contribution in [2.75, 3.05) is 0 Å². The van der Waals surface area contributed by atoms with Crippen LogP contribution in [0.1, 0.15) is 20.3 Å². The number of nitrogens with one attached hydrogen (secondary N) is 2. The van der Waals surface area contributed by atoms with Crippen LogP contribution >= 0.6 is 12.2 Å². The van der Waals surface area contributed by atoms with Crippen LogP contribution < -0.4 is 10.7 Å². The third-order valence-corrected chi connectivity index (χ3v) is 3.39. The van der Waals surface area contributed by atoms with Gasteiger partial charge in [-0.1, -0.05) is 26.3 Å². The third kappa shape index (κ3) is 1.90. The van der Waals surface area contributed by atoms with Crippen molar-refractivity contribution in [3.63, 3.8) is 0 Å². The number of imidazole rings is 1. The SMILES string of the molecule is CCC(C)C1(O)C=CC=c2[nH]c(=S)[nH]c2=C1. The van der Waals surface area contributed by atoms with Crippen LogP contribution in [0.3, 0.4) is 0 Å². The first-order chi connectivity index (χ1) is 7.55. The van der Waals surface area contributed by atoms with Crippen LogP contribution in [0.5, 0.6) is 0 Å². The summed E-state index contributed by atoms with van der Waals surface area (Å²) < 4.78 is 0.583. The van der Waals surface area contributed by atoms with Crippen molar-refractivity contribution in [2.45, 2.75) is 25.9 Å². The number of aromatic nitrogens is 2. The predicted molar refractivity (Wildman–Crippen MR) is 67.7 cm³/mol. The van der Waals surface area contributed by atoms with Crippen molar-refractivity contribution in [2.24, 2.45) is 5.92 Å². The maximum atomic E-state index is 10.5. The lowest BCUT2D eigenvalue weighted by molar-refractivity contribution is 0.0971. The molecule has 0 saturated heterocycles. The van der Waals surface area contributed by atoms with Gasteiger partial charge in [0.15, 0.2) is 4.77 Å². The Bertz CT molecular complexity index is 581. The Morgan fingerprint density at radius 2 is 2.12 bits per heavy atom. The zero-order valence-electron chi connectivity index (χ0n) is 9.45. The molecule has 2 atom stereocenters. The first-order valence-electron chi connectivity index (χ1n) is 5.48. The van der Waals surface area contributed by atoms with Crippen molar-refractivity contribution in [1.29, 1.82) is 0 Å². The molecule has 4 heteroatoms. The number of aromatic amines is 2. The normalized spacial score (nSPS) is 25.2. The summed E-state index contributed by atoms with van der Waals surface area (Å²) in [4.78, 5) is 6.08. The molecule has 16 heavy (non-hydrogen) atoms. The minimum Gasteiger partial charge on any atom is -0.381 e. The molecule has 3 N–H and O–H groups in total.